The number of hydrogen-bond donors (Lipinski definition) is 0. The van der Waals surface area contributed by atoms with Gasteiger partial charge in [-0.1, -0.05) is 147 Å². The third-order valence-corrected chi connectivity index (χ3v) is 13.3. The minimum Gasteiger partial charge on any atom is -0.456 e. The van der Waals surface area contributed by atoms with E-state index in [1.807, 2.05) is 0 Å². The maximum absolute atomic E-state index is 6.86. The van der Waals surface area contributed by atoms with Crippen molar-refractivity contribution in [2.24, 2.45) is 0 Å². The molecule has 3 aromatic heterocycles. The Hall–Kier alpha value is -7.62. The zero-order valence-corrected chi connectivity index (χ0v) is 33.3. The second-order valence-electron chi connectivity index (χ2n) is 16.9. The Labute approximate surface area is 347 Å². The van der Waals surface area contributed by atoms with E-state index < -0.39 is 0 Å². The molecule has 0 atom stereocenters. The predicted octanol–water partition coefficient (Wildman–Crippen LogP) is 15.8. The lowest BCUT2D eigenvalue weighted by atomic mass is 9.82. The van der Waals surface area contributed by atoms with Gasteiger partial charge in [0.2, 0.25) is 0 Å². The van der Waals surface area contributed by atoms with Crippen LogP contribution in [0.5, 0.6) is 0 Å². The third kappa shape index (κ3) is 4.60. The molecule has 0 unspecified atom stereocenters. The van der Waals surface area contributed by atoms with Crippen molar-refractivity contribution in [3.63, 3.8) is 0 Å². The molecule has 0 saturated carbocycles. The van der Waals surface area contributed by atoms with Crippen LogP contribution in [0.15, 0.2) is 199 Å². The van der Waals surface area contributed by atoms with E-state index in [1.165, 1.54) is 77.0 Å². The standard InChI is InChI=1S/C57H38N2O/c1-57(2)50-20-8-6-14-42(50)43-30-27-39(33-51(43)57)58(38-25-22-36(23-26-38)35-12-4-3-5-13-35)40-28-31-46-45-29-24-37(32-53(45)60-54(46)34-40)41-16-10-18-48-49-19-11-17-47-44-15-7-9-21-52(44)59(55(41)48)56(47)49/h3-34H,1-2H3. The number of anilines is 3. The van der Waals surface area contributed by atoms with Crippen molar-refractivity contribution >= 4 is 77.1 Å². The van der Waals surface area contributed by atoms with Gasteiger partial charge in [0.1, 0.15) is 11.2 Å². The molecule has 1 aliphatic carbocycles. The molecule has 0 spiro atoms. The molecular weight excluding hydrogens is 729 g/mol. The maximum Gasteiger partial charge on any atom is 0.137 e. The first-order valence-corrected chi connectivity index (χ1v) is 20.8. The molecule has 0 radical (unpaired) electrons. The molecule has 0 N–H and O–H groups in total. The van der Waals surface area contributed by atoms with E-state index in [0.717, 1.165) is 44.6 Å². The molecule has 0 fully saturated rings. The topological polar surface area (TPSA) is 20.8 Å². The van der Waals surface area contributed by atoms with E-state index in [-0.39, 0.29) is 5.41 Å². The number of nitrogens with zero attached hydrogens (tertiary/aromatic N) is 2. The van der Waals surface area contributed by atoms with Gasteiger partial charge in [0.05, 0.1) is 16.6 Å². The zero-order chi connectivity index (χ0) is 39.7. The number of rotatable bonds is 5. The van der Waals surface area contributed by atoms with Gasteiger partial charge in [0, 0.05) is 66.4 Å². The molecular formula is C57H38N2O. The molecule has 1 aliphatic rings. The van der Waals surface area contributed by atoms with Crippen molar-refractivity contribution in [3.05, 3.63) is 205 Å². The first-order chi connectivity index (χ1) is 29.5. The van der Waals surface area contributed by atoms with E-state index in [2.05, 4.69) is 217 Å². The van der Waals surface area contributed by atoms with Crippen molar-refractivity contribution in [2.75, 3.05) is 4.90 Å². The number of benzene rings is 9. The highest BCUT2D eigenvalue weighted by Gasteiger charge is 2.36. The Morgan fingerprint density at radius 3 is 1.80 bits per heavy atom. The number of hydrogen-bond acceptors (Lipinski definition) is 2. The van der Waals surface area contributed by atoms with Gasteiger partial charge in [-0.3, -0.25) is 0 Å². The summed E-state index contributed by atoms with van der Waals surface area (Å²) in [6, 6.07) is 71.0. The summed E-state index contributed by atoms with van der Waals surface area (Å²) in [5.74, 6) is 0. The summed E-state index contributed by atoms with van der Waals surface area (Å²) in [6.07, 6.45) is 0. The highest BCUT2D eigenvalue weighted by atomic mass is 16.3. The normalized spacial score (nSPS) is 13.3. The first-order valence-electron chi connectivity index (χ1n) is 20.8. The van der Waals surface area contributed by atoms with Gasteiger partial charge in [-0.15, -0.1) is 0 Å². The summed E-state index contributed by atoms with van der Waals surface area (Å²) in [7, 11) is 0. The number of fused-ring (bicyclic) bond motifs is 12. The van der Waals surface area contributed by atoms with Crippen LogP contribution in [0.2, 0.25) is 0 Å². The molecule has 3 nitrogen and oxygen atoms in total. The van der Waals surface area contributed by atoms with Crippen LogP contribution in [0.3, 0.4) is 0 Å². The molecule has 13 rings (SSSR count). The van der Waals surface area contributed by atoms with Crippen molar-refractivity contribution in [1.29, 1.82) is 0 Å². The Bertz CT molecular complexity index is 3680. The van der Waals surface area contributed by atoms with Gasteiger partial charge in [-0.05, 0) is 93.5 Å². The van der Waals surface area contributed by atoms with Crippen LogP contribution in [0.4, 0.5) is 17.1 Å². The minimum atomic E-state index is -0.118. The van der Waals surface area contributed by atoms with Crippen LogP contribution in [-0.4, -0.2) is 4.40 Å². The Morgan fingerprint density at radius 2 is 0.950 bits per heavy atom. The highest BCUT2D eigenvalue weighted by molar-refractivity contribution is 6.25. The van der Waals surface area contributed by atoms with Crippen LogP contribution in [0.1, 0.15) is 25.0 Å². The fraction of sp³-hybridized carbons (Fsp3) is 0.0526. The molecule has 0 amide bonds. The zero-order valence-electron chi connectivity index (χ0n) is 33.3. The fourth-order valence-electron chi connectivity index (χ4n) is 10.5. The number of aromatic nitrogens is 1. The van der Waals surface area contributed by atoms with Crippen molar-refractivity contribution < 1.29 is 4.42 Å². The van der Waals surface area contributed by atoms with Crippen molar-refractivity contribution in [3.8, 4) is 33.4 Å². The summed E-state index contributed by atoms with van der Waals surface area (Å²) in [6.45, 7) is 4.69. The van der Waals surface area contributed by atoms with Crippen molar-refractivity contribution in [2.45, 2.75) is 19.3 Å². The van der Waals surface area contributed by atoms with E-state index in [0.29, 0.717) is 0 Å². The molecule has 12 aromatic rings. The first kappa shape index (κ1) is 33.4. The van der Waals surface area contributed by atoms with Gasteiger partial charge in [0.15, 0.2) is 0 Å². The minimum absolute atomic E-state index is 0.118. The van der Waals surface area contributed by atoms with E-state index in [1.54, 1.807) is 0 Å². The maximum atomic E-state index is 6.86. The lowest BCUT2D eigenvalue weighted by molar-refractivity contribution is 0.660. The lowest BCUT2D eigenvalue weighted by Crippen LogP contribution is -2.16. The van der Waals surface area contributed by atoms with Gasteiger partial charge in [-0.25, -0.2) is 0 Å². The van der Waals surface area contributed by atoms with Crippen LogP contribution < -0.4 is 4.90 Å². The molecule has 60 heavy (non-hydrogen) atoms. The van der Waals surface area contributed by atoms with E-state index >= 15 is 0 Å². The molecule has 3 heterocycles. The second kappa shape index (κ2) is 12.2. The molecule has 9 aromatic carbocycles. The van der Waals surface area contributed by atoms with Crippen LogP contribution in [0, 0.1) is 0 Å². The second-order valence-corrected chi connectivity index (χ2v) is 16.9. The van der Waals surface area contributed by atoms with Gasteiger partial charge >= 0.3 is 0 Å². The average molecular weight is 767 g/mol. The molecule has 3 heteroatoms. The lowest BCUT2D eigenvalue weighted by Gasteiger charge is -2.28. The van der Waals surface area contributed by atoms with Crippen LogP contribution >= 0.6 is 0 Å². The van der Waals surface area contributed by atoms with Crippen molar-refractivity contribution in [1.82, 2.24) is 4.40 Å². The van der Waals surface area contributed by atoms with Gasteiger partial charge in [-0.2, -0.15) is 0 Å². The summed E-state index contributed by atoms with van der Waals surface area (Å²) in [5.41, 5.74) is 18.7. The fourth-order valence-corrected chi connectivity index (χ4v) is 10.5. The van der Waals surface area contributed by atoms with Gasteiger partial charge in [0.25, 0.3) is 0 Å². The highest BCUT2D eigenvalue weighted by Crippen LogP contribution is 2.51. The van der Waals surface area contributed by atoms with Crippen LogP contribution in [-0.2, 0) is 5.41 Å². The number of furan rings is 1. The van der Waals surface area contributed by atoms with E-state index in [4.69, 9.17) is 4.42 Å². The quantitative estimate of drug-likeness (QED) is 0.174. The summed E-state index contributed by atoms with van der Waals surface area (Å²) >= 11 is 0. The Balaban J connectivity index is 0.963. The molecule has 0 bridgehead atoms. The summed E-state index contributed by atoms with van der Waals surface area (Å²) < 4.78 is 9.34. The number of para-hydroxylation sites is 3. The summed E-state index contributed by atoms with van der Waals surface area (Å²) in [5, 5.41) is 7.35. The van der Waals surface area contributed by atoms with E-state index in [9.17, 15) is 0 Å². The summed E-state index contributed by atoms with van der Waals surface area (Å²) in [4.78, 5) is 2.37. The Morgan fingerprint density at radius 1 is 0.383 bits per heavy atom. The average Bonchev–Trinajstić information content (AvgIpc) is 4.01. The molecule has 0 aliphatic heterocycles. The largest absolute Gasteiger partial charge is 0.456 e. The van der Waals surface area contributed by atoms with Gasteiger partial charge < -0.3 is 13.7 Å². The predicted molar refractivity (Wildman–Crippen MR) is 251 cm³/mol. The monoisotopic (exact) mass is 766 g/mol. The molecule has 0 saturated heterocycles. The smallest absolute Gasteiger partial charge is 0.137 e. The Kier molecular flexibility index (Phi) is 6.78. The SMILES string of the molecule is CC1(C)c2ccccc2-c2ccc(N(c3ccc(-c4ccccc4)cc3)c3ccc4c(c3)oc3cc(-c5cccc6c7cccc8c9ccccc9n(c56)c87)ccc34)cc21. The van der Waals surface area contributed by atoms with Crippen LogP contribution in [0.25, 0.3) is 93.4 Å². The third-order valence-electron chi connectivity index (χ3n) is 13.3. The molecule has 282 valence electrons.